The molecule has 13 heteroatoms. The predicted molar refractivity (Wildman–Crippen MR) is 165 cm³/mol. The summed E-state index contributed by atoms with van der Waals surface area (Å²) in [6.07, 6.45) is 1.38. The van der Waals surface area contributed by atoms with Crippen molar-refractivity contribution in [1.82, 2.24) is 5.43 Å². The highest BCUT2D eigenvalue weighted by atomic mass is 35.5. The number of benzene rings is 4. The van der Waals surface area contributed by atoms with Crippen molar-refractivity contribution < 1.29 is 22.7 Å². The van der Waals surface area contributed by atoms with Gasteiger partial charge in [0, 0.05) is 10.0 Å². The van der Waals surface area contributed by atoms with Crippen LogP contribution in [0.25, 0.3) is 0 Å². The van der Waals surface area contributed by atoms with E-state index in [1.165, 1.54) is 42.6 Å². The highest BCUT2D eigenvalue weighted by Crippen LogP contribution is 2.27. The first-order valence-electron chi connectivity index (χ1n) is 12.2. The minimum atomic E-state index is -4.14. The van der Waals surface area contributed by atoms with Crippen LogP contribution in [-0.2, 0) is 19.6 Å². The first kappa shape index (κ1) is 30.9. The Labute approximate surface area is 257 Å². The number of hydrogen-bond donors (Lipinski definition) is 2. The number of ether oxygens (including phenoxy) is 1. The van der Waals surface area contributed by atoms with Gasteiger partial charge >= 0.3 is 0 Å². The molecule has 4 aromatic carbocycles. The van der Waals surface area contributed by atoms with Crippen LogP contribution in [-0.4, -0.2) is 39.6 Å². The predicted octanol–water partition coefficient (Wildman–Crippen LogP) is 6.01. The Hall–Kier alpha value is -4.09. The zero-order chi connectivity index (χ0) is 30.1. The van der Waals surface area contributed by atoms with E-state index >= 15 is 0 Å². The first-order valence-corrected chi connectivity index (χ1v) is 14.8. The molecule has 0 bridgehead atoms. The van der Waals surface area contributed by atoms with Crippen LogP contribution in [0.5, 0.6) is 5.75 Å². The zero-order valence-corrected chi connectivity index (χ0v) is 24.8. The normalized spacial score (nSPS) is 11.2. The van der Waals surface area contributed by atoms with Gasteiger partial charge in [0.05, 0.1) is 27.5 Å². The maximum Gasteiger partial charge on any atom is 0.264 e. The van der Waals surface area contributed by atoms with Gasteiger partial charge in [-0.2, -0.15) is 5.10 Å². The number of hydrogen-bond acceptors (Lipinski definition) is 6. The summed E-state index contributed by atoms with van der Waals surface area (Å²) >= 11 is 18.0. The highest BCUT2D eigenvalue weighted by molar-refractivity contribution is 7.92. The molecular weight excluding hydrogens is 623 g/mol. The number of rotatable bonds is 11. The van der Waals surface area contributed by atoms with E-state index in [-0.39, 0.29) is 23.1 Å². The summed E-state index contributed by atoms with van der Waals surface area (Å²) in [5.74, 6) is -0.621. The van der Waals surface area contributed by atoms with Gasteiger partial charge in [-0.3, -0.25) is 13.9 Å². The van der Waals surface area contributed by atoms with Gasteiger partial charge in [0.1, 0.15) is 12.3 Å². The molecule has 0 aromatic heterocycles. The Bertz CT molecular complexity index is 1700. The Morgan fingerprint density at radius 3 is 2.24 bits per heavy atom. The summed E-state index contributed by atoms with van der Waals surface area (Å²) in [5, 5.41) is 7.68. The summed E-state index contributed by atoms with van der Waals surface area (Å²) in [4.78, 5) is 24.8. The summed E-state index contributed by atoms with van der Waals surface area (Å²) < 4.78 is 33.2. The molecule has 216 valence electrons. The molecule has 0 heterocycles. The third-order valence-electron chi connectivity index (χ3n) is 5.59. The van der Waals surface area contributed by atoms with E-state index in [2.05, 4.69) is 15.8 Å². The largest absolute Gasteiger partial charge is 0.484 e. The number of amides is 2. The Kier molecular flexibility index (Phi) is 10.4. The van der Waals surface area contributed by atoms with Crippen molar-refractivity contribution in [3.05, 3.63) is 118 Å². The van der Waals surface area contributed by atoms with Crippen molar-refractivity contribution >= 4 is 74.2 Å². The maximum absolute atomic E-state index is 13.4. The highest BCUT2D eigenvalue weighted by Gasteiger charge is 2.27. The molecule has 0 fully saturated rings. The van der Waals surface area contributed by atoms with Crippen LogP contribution in [0.4, 0.5) is 11.4 Å². The minimum absolute atomic E-state index is 0.0492. The topological polar surface area (TPSA) is 117 Å². The van der Waals surface area contributed by atoms with Crippen LogP contribution in [0.15, 0.2) is 107 Å². The van der Waals surface area contributed by atoms with Crippen LogP contribution >= 0.6 is 34.8 Å². The number of para-hydroxylation sites is 1. The van der Waals surface area contributed by atoms with E-state index in [1.54, 1.807) is 60.7 Å². The number of halogens is 3. The van der Waals surface area contributed by atoms with E-state index in [1.807, 2.05) is 0 Å². The third kappa shape index (κ3) is 8.46. The fraction of sp³-hybridized carbons (Fsp3) is 0.0690. The number of carbonyl (C=O) groups is 2. The number of nitrogens with zero attached hydrogens (tertiary/aromatic N) is 2. The zero-order valence-electron chi connectivity index (χ0n) is 21.7. The van der Waals surface area contributed by atoms with Gasteiger partial charge in [-0.1, -0.05) is 53.0 Å². The molecular formula is C29H23Cl3N4O5S. The number of sulfonamides is 1. The van der Waals surface area contributed by atoms with Crippen molar-refractivity contribution in [3.63, 3.8) is 0 Å². The number of nitrogens with one attached hydrogen (secondary N) is 2. The lowest BCUT2D eigenvalue weighted by Gasteiger charge is -2.23. The second kappa shape index (κ2) is 14.2. The fourth-order valence-corrected chi connectivity index (χ4v) is 5.48. The molecule has 0 atom stereocenters. The minimum Gasteiger partial charge on any atom is -0.484 e. The van der Waals surface area contributed by atoms with E-state index in [0.717, 1.165) is 4.31 Å². The van der Waals surface area contributed by atoms with Gasteiger partial charge < -0.3 is 10.1 Å². The van der Waals surface area contributed by atoms with Crippen molar-refractivity contribution in [2.75, 3.05) is 22.8 Å². The lowest BCUT2D eigenvalue weighted by atomic mass is 10.2. The van der Waals surface area contributed by atoms with Crippen molar-refractivity contribution in [2.45, 2.75) is 4.90 Å². The average Bonchev–Trinajstić information content (AvgIpc) is 2.97. The molecule has 0 aliphatic heterocycles. The SMILES string of the molecule is O=C(CN(c1cccc(Cl)c1)S(=O)(=O)c1ccc(Cl)cc1)N/N=C\c1ccc(OCC(=O)Nc2ccccc2Cl)cc1. The van der Waals surface area contributed by atoms with E-state index in [0.29, 0.717) is 32.1 Å². The number of hydrazone groups is 1. The van der Waals surface area contributed by atoms with Crippen molar-refractivity contribution in [1.29, 1.82) is 0 Å². The van der Waals surface area contributed by atoms with Crippen LogP contribution in [0.3, 0.4) is 0 Å². The van der Waals surface area contributed by atoms with Crippen LogP contribution in [0, 0.1) is 0 Å². The Morgan fingerprint density at radius 1 is 0.833 bits per heavy atom. The molecule has 0 saturated carbocycles. The van der Waals surface area contributed by atoms with E-state index in [4.69, 9.17) is 39.5 Å². The Balaban J connectivity index is 1.35. The molecule has 0 unspecified atom stereocenters. The summed E-state index contributed by atoms with van der Waals surface area (Å²) in [7, 11) is -4.14. The Morgan fingerprint density at radius 2 is 1.55 bits per heavy atom. The van der Waals surface area contributed by atoms with Gasteiger partial charge in [0.2, 0.25) is 0 Å². The van der Waals surface area contributed by atoms with Crippen molar-refractivity contribution in [2.24, 2.45) is 5.10 Å². The van der Waals surface area contributed by atoms with Gasteiger partial charge in [-0.15, -0.1) is 0 Å². The summed E-state index contributed by atoms with van der Waals surface area (Å²) in [6, 6.07) is 25.2. The van der Waals surface area contributed by atoms with Crippen LogP contribution < -0.4 is 19.8 Å². The second-order valence-electron chi connectivity index (χ2n) is 8.62. The molecule has 0 aliphatic rings. The lowest BCUT2D eigenvalue weighted by molar-refractivity contribution is -0.119. The molecule has 2 amide bonds. The average molecular weight is 646 g/mol. The summed E-state index contributed by atoms with van der Waals surface area (Å²) in [5.41, 5.74) is 3.64. The molecule has 42 heavy (non-hydrogen) atoms. The standard InChI is InChI=1S/C29H23Cl3N4O5S/c30-21-10-14-25(15-11-21)42(39,40)36(23-5-3-4-22(31)16-23)18-28(37)35-33-17-20-8-12-24(13-9-20)41-19-29(38)34-27-7-2-1-6-26(27)32/h1-17H,18-19H2,(H,34,38)(H,35,37)/b33-17-. The maximum atomic E-state index is 13.4. The number of anilines is 2. The van der Waals surface area contributed by atoms with Gasteiger partial charge in [0.15, 0.2) is 6.61 Å². The molecule has 0 aliphatic carbocycles. The van der Waals surface area contributed by atoms with Gasteiger partial charge in [-0.05, 0) is 84.4 Å². The summed E-state index contributed by atoms with van der Waals surface area (Å²) in [6.45, 7) is -0.789. The lowest BCUT2D eigenvalue weighted by Crippen LogP contribution is -2.39. The second-order valence-corrected chi connectivity index (χ2v) is 11.8. The molecule has 9 nitrogen and oxygen atoms in total. The van der Waals surface area contributed by atoms with Crippen LogP contribution in [0.1, 0.15) is 5.56 Å². The first-order chi connectivity index (χ1) is 20.1. The molecule has 2 N–H and O–H groups in total. The van der Waals surface area contributed by atoms with Crippen LogP contribution in [0.2, 0.25) is 15.1 Å². The molecule has 4 aromatic rings. The quantitative estimate of drug-likeness (QED) is 0.153. The van der Waals surface area contributed by atoms with E-state index in [9.17, 15) is 18.0 Å². The van der Waals surface area contributed by atoms with Gasteiger partial charge in [-0.25, -0.2) is 13.8 Å². The smallest absolute Gasteiger partial charge is 0.264 e. The molecule has 0 saturated heterocycles. The van der Waals surface area contributed by atoms with Gasteiger partial charge in [0.25, 0.3) is 21.8 Å². The van der Waals surface area contributed by atoms with E-state index < -0.39 is 22.5 Å². The molecule has 0 radical (unpaired) electrons. The van der Waals surface area contributed by atoms with Crippen molar-refractivity contribution in [3.8, 4) is 5.75 Å². The molecule has 4 rings (SSSR count). The monoisotopic (exact) mass is 644 g/mol. The number of carbonyl (C=O) groups excluding carboxylic acids is 2. The third-order valence-corrected chi connectivity index (χ3v) is 8.19. The fourth-order valence-electron chi connectivity index (χ4n) is 3.57. The molecule has 0 spiro atoms.